The fraction of sp³-hybridized carbons (Fsp3) is 0.0667. The highest BCUT2D eigenvalue weighted by atomic mass is 35.5. The fourth-order valence-electron chi connectivity index (χ4n) is 2.06. The third-order valence-electron chi connectivity index (χ3n) is 3.03. The minimum absolute atomic E-state index is 0.232. The number of aliphatic hydroxyl groups excluding tert-OH is 1. The Morgan fingerprint density at radius 3 is 2.50 bits per heavy atom. The second-order valence-electron chi connectivity index (χ2n) is 4.16. The lowest BCUT2D eigenvalue weighted by Crippen LogP contribution is -1.98. The van der Waals surface area contributed by atoms with Crippen LogP contribution in [0.1, 0.15) is 17.2 Å². The summed E-state index contributed by atoms with van der Waals surface area (Å²) in [5.74, 6) is 0. The Morgan fingerprint density at radius 2 is 1.78 bits per heavy atom. The second-order valence-corrected chi connectivity index (χ2v) is 4.50. The monoisotopic (exact) mass is 258 g/mol. The zero-order valence-corrected chi connectivity index (χ0v) is 10.3. The topological polar surface area (TPSA) is 33.4 Å². The average molecular weight is 259 g/mol. The Labute approximate surface area is 109 Å². The number of fused-ring (bicyclic) bond motifs is 1. The van der Waals surface area contributed by atoms with Gasteiger partial charge >= 0.3 is 0 Å². The molecule has 1 N–H and O–H groups in total. The van der Waals surface area contributed by atoms with E-state index in [1.807, 2.05) is 42.5 Å². The van der Waals surface area contributed by atoms with Crippen LogP contribution in [0.3, 0.4) is 0 Å². The largest absolute Gasteiger partial charge is 0.453 e. The van der Waals surface area contributed by atoms with Crippen LogP contribution in [0, 0.1) is 0 Å². The summed E-state index contributed by atoms with van der Waals surface area (Å²) >= 11 is 5.88. The zero-order valence-electron chi connectivity index (χ0n) is 9.51. The molecule has 0 aliphatic heterocycles. The van der Waals surface area contributed by atoms with Crippen molar-refractivity contribution in [2.24, 2.45) is 0 Å². The summed E-state index contributed by atoms with van der Waals surface area (Å²) in [4.78, 5) is 0. The molecule has 2 aromatic carbocycles. The third kappa shape index (κ3) is 1.90. The van der Waals surface area contributed by atoms with Gasteiger partial charge in [-0.05, 0) is 40.1 Å². The molecule has 0 aliphatic rings. The van der Waals surface area contributed by atoms with E-state index in [0.29, 0.717) is 5.56 Å². The molecule has 0 radical (unpaired) electrons. The van der Waals surface area contributed by atoms with Crippen molar-refractivity contribution in [2.75, 3.05) is 0 Å². The molecule has 0 saturated heterocycles. The van der Waals surface area contributed by atoms with E-state index >= 15 is 0 Å². The molecule has 2 nitrogen and oxygen atoms in total. The summed E-state index contributed by atoms with van der Waals surface area (Å²) in [6.07, 6.45) is 0.711. The van der Waals surface area contributed by atoms with Gasteiger partial charge in [0.05, 0.1) is 6.26 Å². The number of hydrogen-bond acceptors (Lipinski definition) is 2. The normalized spacial score (nSPS) is 12.8. The van der Waals surface area contributed by atoms with Gasteiger partial charge in [0.15, 0.2) is 5.22 Å². The number of aliphatic hydroxyl groups is 1. The highest BCUT2D eigenvalue weighted by Crippen LogP contribution is 2.30. The molecule has 1 heterocycles. The van der Waals surface area contributed by atoms with Gasteiger partial charge in [0, 0.05) is 5.56 Å². The van der Waals surface area contributed by atoms with Crippen LogP contribution in [0.2, 0.25) is 5.22 Å². The summed E-state index contributed by atoms with van der Waals surface area (Å²) in [7, 11) is 0. The molecule has 0 fully saturated rings. The maximum atomic E-state index is 10.3. The molecule has 0 aliphatic carbocycles. The van der Waals surface area contributed by atoms with Crippen LogP contribution in [-0.4, -0.2) is 5.11 Å². The molecule has 3 heteroatoms. The van der Waals surface area contributed by atoms with Gasteiger partial charge in [-0.2, -0.15) is 0 Å². The number of benzene rings is 2. The molecule has 0 spiro atoms. The minimum Gasteiger partial charge on any atom is -0.453 e. The smallest absolute Gasteiger partial charge is 0.199 e. The van der Waals surface area contributed by atoms with Crippen LogP contribution in [0.5, 0.6) is 0 Å². The summed E-state index contributed by atoms with van der Waals surface area (Å²) < 4.78 is 5.00. The van der Waals surface area contributed by atoms with Gasteiger partial charge in [-0.25, -0.2) is 0 Å². The Hall–Kier alpha value is -1.77. The van der Waals surface area contributed by atoms with Gasteiger partial charge in [-0.3, -0.25) is 0 Å². The highest BCUT2D eigenvalue weighted by Gasteiger charge is 2.16. The van der Waals surface area contributed by atoms with Gasteiger partial charge < -0.3 is 9.52 Å². The lowest BCUT2D eigenvalue weighted by molar-refractivity contribution is 0.219. The first-order chi connectivity index (χ1) is 8.75. The van der Waals surface area contributed by atoms with Crippen LogP contribution < -0.4 is 0 Å². The Morgan fingerprint density at radius 1 is 1.00 bits per heavy atom. The lowest BCUT2D eigenvalue weighted by atomic mass is 10.0. The molecule has 0 bridgehead atoms. The quantitative estimate of drug-likeness (QED) is 0.748. The highest BCUT2D eigenvalue weighted by molar-refractivity contribution is 6.29. The molecule has 1 aromatic heterocycles. The van der Waals surface area contributed by atoms with E-state index in [1.165, 1.54) is 6.26 Å². The molecule has 1 unspecified atom stereocenters. The molecule has 0 amide bonds. The molecular formula is C15H11ClO2. The minimum atomic E-state index is -0.763. The Kier molecular flexibility index (Phi) is 2.82. The van der Waals surface area contributed by atoms with Crippen molar-refractivity contribution in [1.29, 1.82) is 0 Å². The molecule has 3 rings (SSSR count). The van der Waals surface area contributed by atoms with Crippen LogP contribution in [0.25, 0.3) is 10.8 Å². The molecule has 90 valence electrons. The predicted molar refractivity (Wildman–Crippen MR) is 71.7 cm³/mol. The molecule has 0 saturated carbocycles. The van der Waals surface area contributed by atoms with E-state index in [9.17, 15) is 5.11 Å². The Bertz CT molecular complexity index is 688. The maximum absolute atomic E-state index is 10.3. The average Bonchev–Trinajstić information content (AvgIpc) is 2.83. The SMILES string of the molecule is OC(c1ccc2ccccc2c1)c1ccoc1Cl. The standard InChI is InChI=1S/C15H11ClO2/c16-15-13(7-8-18-15)14(17)12-6-5-10-3-1-2-4-11(10)9-12/h1-9,14,17H. The van der Waals surface area contributed by atoms with Crippen LogP contribution in [0.15, 0.2) is 59.2 Å². The maximum Gasteiger partial charge on any atom is 0.199 e. The first-order valence-corrected chi connectivity index (χ1v) is 6.03. The van der Waals surface area contributed by atoms with Gasteiger partial charge in [0.2, 0.25) is 0 Å². The van der Waals surface area contributed by atoms with Crippen LogP contribution in [0.4, 0.5) is 0 Å². The number of halogens is 1. The molecule has 1 atom stereocenters. The molecule has 18 heavy (non-hydrogen) atoms. The first kappa shape index (κ1) is 11.3. The summed E-state index contributed by atoms with van der Waals surface area (Å²) in [5.41, 5.74) is 1.39. The van der Waals surface area contributed by atoms with E-state index < -0.39 is 6.10 Å². The van der Waals surface area contributed by atoms with Crippen molar-refractivity contribution in [3.63, 3.8) is 0 Å². The van der Waals surface area contributed by atoms with Crippen molar-refractivity contribution in [1.82, 2.24) is 0 Å². The summed E-state index contributed by atoms with van der Waals surface area (Å²) in [5, 5.41) is 12.7. The van der Waals surface area contributed by atoms with Gasteiger partial charge in [0.25, 0.3) is 0 Å². The summed E-state index contributed by atoms with van der Waals surface area (Å²) in [6, 6.07) is 15.6. The van der Waals surface area contributed by atoms with Crippen molar-refractivity contribution >= 4 is 22.4 Å². The van der Waals surface area contributed by atoms with Crippen molar-refractivity contribution in [3.05, 3.63) is 71.1 Å². The van der Waals surface area contributed by atoms with Crippen molar-refractivity contribution in [2.45, 2.75) is 6.10 Å². The van der Waals surface area contributed by atoms with Crippen LogP contribution in [-0.2, 0) is 0 Å². The van der Waals surface area contributed by atoms with E-state index in [2.05, 4.69) is 0 Å². The zero-order chi connectivity index (χ0) is 12.5. The van der Waals surface area contributed by atoms with E-state index in [4.69, 9.17) is 16.0 Å². The van der Waals surface area contributed by atoms with Crippen molar-refractivity contribution in [3.8, 4) is 0 Å². The molecular weight excluding hydrogens is 248 g/mol. The van der Waals surface area contributed by atoms with E-state index in [0.717, 1.165) is 16.3 Å². The number of rotatable bonds is 2. The predicted octanol–water partition coefficient (Wildman–Crippen LogP) is 4.17. The van der Waals surface area contributed by atoms with E-state index in [1.54, 1.807) is 6.07 Å². The Balaban J connectivity index is 2.07. The number of hydrogen-bond donors (Lipinski definition) is 1. The fourth-order valence-corrected chi connectivity index (χ4v) is 2.27. The van der Waals surface area contributed by atoms with Gasteiger partial charge in [-0.15, -0.1) is 0 Å². The summed E-state index contributed by atoms with van der Waals surface area (Å²) in [6.45, 7) is 0. The molecule has 3 aromatic rings. The van der Waals surface area contributed by atoms with E-state index in [-0.39, 0.29) is 5.22 Å². The van der Waals surface area contributed by atoms with Crippen LogP contribution >= 0.6 is 11.6 Å². The second kappa shape index (κ2) is 4.48. The number of furan rings is 1. The van der Waals surface area contributed by atoms with Crippen molar-refractivity contribution < 1.29 is 9.52 Å². The first-order valence-electron chi connectivity index (χ1n) is 5.65. The third-order valence-corrected chi connectivity index (χ3v) is 3.34. The lowest BCUT2D eigenvalue weighted by Gasteiger charge is -2.10. The van der Waals surface area contributed by atoms with Gasteiger partial charge in [0.1, 0.15) is 6.10 Å². The van der Waals surface area contributed by atoms with Gasteiger partial charge in [-0.1, -0.05) is 36.4 Å².